The van der Waals surface area contributed by atoms with E-state index in [4.69, 9.17) is 5.73 Å². The van der Waals surface area contributed by atoms with Crippen molar-refractivity contribution in [1.29, 1.82) is 0 Å². The molecule has 3 heteroatoms. The molecule has 3 atom stereocenters. The third-order valence-corrected chi connectivity index (χ3v) is 4.73. The Kier molecular flexibility index (Phi) is 5.55. The van der Waals surface area contributed by atoms with E-state index in [2.05, 4.69) is 18.9 Å². The number of hydrogen-bond donors (Lipinski definition) is 1. The fourth-order valence-corrected chi connectivity index (χ4v) is 3.39. The summed E-state index contributed by atoms with van der Waals surface area (Å²) in [5.41, 5.74) is 6.78. The fraction of sp³-hybridized carbons (Fsp3) is 0.647. The van der Waals surface area contributed by atoms with Crippen molar-refractivity contribution < 1.29 is 4.39 Å². The second kappa shape index (κ2) is 7.19. The predicted octanol–water partition coefficient (Wildman–Crippen LogP) is 3.73. The third kappa shape index (κ3) is 3.80. The van der Waals surface area contributed by atoms with Crippen LogP contribution in [-0.2, 0) is 0 Å². The smallest absolute Gasteiger partial charge is 0.127 e. The average Bonchev–Trinajstić information content (AvgIpc) is 2.45. The highest BCUT2D eigenvalue weighted by atomic mass is 19.1. The molecule has 1 fully saturated rings. The molecule has 112 valence electrons. The summed E-state index contributed by atoms with van der Waals surface area (Å²) < 4.78 is 13.7. The summed E-state index contributed by atoms with van der Waals surface area (Å²) in [5, 5.41) is 0. The lowest BCUT2D eigenvalue weighted by atomic mass is 9.85. The SMILES string of the molecule is CC1CCCCC1N(C)CCC(N)c1ccccc1F. The van der Waals surface area contributed by atoms with Gasteiger partial charge in [0.15, 0.2) is 0 Å². The first-order valence-corrected chi connectivity index (χ1v) is 7.80. The van der Waals surface area contributed by atoms with Crippen LogP contribution in [0.4, 0.5) is 4.39 Å². The van der Waals surface area contributed by atoms with Crippen molar-refractivity contribution in [2.24, 2.45) is 11.7 Å². The summed E-state index contributed by atoms with van der Waals surface area (Å²) >= 11 is 0. The Bertz CT molecular complexity index is 421. The van der Waals surface area contributed by atoms with Crippen LogP contribution in [-0.4, -0.2) is 24.5 Å². The first-order valence-electron chi connectivity index (χ1n) is 7.80. The molecule has 1 saturated carbocycles. The number of rotatable bonds is 5. The van der Waals surface area contributed by atoms with Crippen LogP contribution in [0.15, 0.2) is 24.3 Å². The van der Waals surface area contributed by atoms with E-state index in [1.54, 1.807) is 12.1 Å². The molecule has 2 N–H and O–H groups in total. The van der Waals surface area contributed by atoms with Gasteiger partial charge in [-0.05, 0) is 44.8 Å². The highest BCUT2D eigenvalue weighted by Gasteiger charge is 2.25. The minimum atomic E-state index is -0.211. The molecule has 20 heavy (non-hydrogen) atoms. The van der Waals surface area contributed by atoms with Crippen LogP contribution >= 0.6 is 0 Å². The highest BCUT2D eigenvalue weighted by Crippen LogP contribution is 2.28. The second-order valence-corrected chi connectivity index (χ2v) is 6.23. The molecule has 1 aliphatic carbocycles. The molecule has 0 aliphatic heterocycles. The average molecular weight is 278 g/mol. The van der Waals surface area contributed by atoms with Crippen molar-refractivity contribution in [2.45, 2.75) is 51.1 Å². The van der Waals surface area contributed by atoms with E-state index in [0.29, 0.717) is 11.6 Å². The van der Waals surface area contributed by atoms with Gasteiger partial charge in [0.25, 0.3) is 0 Å². The Hall–Kier alpha value is -0.930. The quantitative estimate of drug-likeness (QED) is 0.889. The zero-order valence-electron chi connectivity index (χ0n) is 12.7. The molecular weight excluding hydrogens is 251 g/mol. The molecule has 0 radical (unpaired) electrons. The summed E-state index contributed by atoms with van der Waals surface area (Å²) in [5.74, 6) is 0.576. The van der Waals surface area contributed by atoms with Gasteiger partial charge >= 0.3 is 0 Å². The van der Waals surface area contributed by atoms with Crippen LogP contribution in [0.25, 0.3) is 0 Å². The Morgan fingerprint density at radius 3 is 2.70 bits per heavy atom. The van der Waals surface area contributed by atoms with Gasteiger partial charge in [-0.1, -0.05) is 38.0 Å². The van der Waals surface area contributed by atoms with E-state index in [1.165, 1.54) is 31.7 Å². The fourth-order valence-electron chi connectivity index (χ4n) is 3.39. The minimum absolute atomic E-state index is 0.186. The first-order chi connectivity index (χ1) is 9.59. The molecule has 1 aromatic rings. The molecule has 1 aromatic carbocycles. The number of nitrogens with zero attached hydrogens (tertiary/aromatic N) is 1. The first kappa shape index (κ1) is 15.5. The lowest BCUT2D eigenvalue weighted by Crippen LogP contribution is -2.40. The van der Waals surface area contributed by atoms with Crippen LogP contribution in [0.2, 0.25) is 0 Å². The summed E-state index contributed by atoms with van der Waals surface area (Å²) in [6.45, 7) is 3.28. The van der Waals surface area contributed by atoms with Crippen LogP contribution in [0.5, 0.6) is 0 Å². The molecule has 0 aromatic heterocycles. The summed E-state index contributed by atoms with van der Waals surface area (Å²) in [7, 11) is 2.18. The zero-order chi connectivity index (χ0) is 14.5. The molecule has 3 unspecified atom stereocenters. The molecule has 0 bridgehead atoms. The molecule has 0 spiro atoms. The van der Waals surface area contributed by atoms with Crippen molar-refractivity contribution in [2.75, 3.05) is 13.6 Å². The zero-order valence-corrected chi connectivity index (χ0v) is 12.7. The monoisotopic (exact) mass is 278 g/mol. The molecule has 1 aliphatic rings. The second-order valence-electron chi connectivity index (χ2n) is 6.23. The van der Waals surface area contributed by atoms with E-state index in [1.807, 2.05) is 6.07 Å². The van der Waals surface area contributed by atoms with Crippen LogP contribution < -0.4 is 5.73 Å². The van der Waals surface area contributed by atoms with E-state index in [9.17, 15) is 4.39 Å². The van der Waals surface area contributed by atoms with Crippen molar-refractivity contribution in [1.82, 2.24) is 4.90 Å². The maximum atomic E-state index is 13.7. The van der Waals surface area contributed by atoms with Gasteiger partial charge in [0.1, 0.15) is 5.82 Å². The molecule has 2 nitrogen and oxygen atoms in total. The summed E-state index contributed by atoms with van der Waals surface area (Å²) in [4.78, 5) is 2.42. The molecule has 0 saturated heterocycles. The normalized spacial score (nSPS) is 24.9. The van der Waals surface area contributed by atoms with E-state index >= 15 is 0 Å². The van der Waals surface area contributed by atoms with Crippen LogP contribution in [0.3, 0.4) is 0 Å². The van der Waals surface area contributed by atoms with Gasteiger partial charge in [-0.2, -0.15) is 0 Å². The minimum Gasteiger partial charge on any atom is -0.324 e. The maximum absolute atomic E-state index is 13.7. The van der Waals surface area contributed by atoms with Gasteiger partial charge in [0, 0.05) is 17.6 Å². The number of nitrogens with two attached hydrogens (primary N) is 1. The van der Waals surface area contributed by atoms with E-state index in [-0.39, 0.29) is 11.9 Å². The number of halogens is 1. The Morgan fingerprint density at radius 2 is 2.00 bits per heavy atom. The van der Waals surface area contributed by atoms with Gasteiger partial charge in [-0.15, -0.1) is 0 Å². The van der Waals surface area contributed by atoms with Gasteiger partial charge in [-0.3, -0.25) is 0 Å². The standard InChI is InChI=1S/C17H27FN2/c1-13-7-3-6-10-17(13)20(2)12-11-16(19)14-8-4-5-9-15(14)18/h4-5,8-9,13,16-17H,3,6-7,10-12,19H2,1-2H3. The molecule has 0 amide bonds. The van der Waals surface area contributed by atoms with E-state index in [0.717, 1.165) is 18.9 Å². The molecule has 0 heterocycles. The van der Waals surface area contributed by atoms with Crippen molar-refractivity contribution in [3.63, 3.8) is 0 Å². The van der Waals surface area contributed by atoms with Gasteiger partial charge in [-0.25, -0.2) is 4.39 Å². The third-order valence-electron chi connectivity index (χ3n) is 4.73. The van der Waals surface area contributed by atoms with E-state index < -0.39 is 0 Å². The number of benzene rings is 1. The van der Waals surface area contributed by atoms with Gasteiger partial charge in [0.2, 0.25) is 0 Å². The van der Waals surface area contributed by atoms with Crippen molar-refractivity contribution >= 4 is 0 Å². The van der Waals surface area contributed by atoms with Crippen molar-refractivity contribution in [3.05, 3.63) is 35.6 Å². The number of hydrogen-bond acceptors (Lipinski definition) is 2. The summed E-state index contributed by atoms with van der Waals surface area (Å²) in [6.07, 6.45) is 6.11. The molecular formula is C17H27FN2. The Morgan fingerprint density at radius 1 is 1.30 bits per heavy atom. The topological polar surface area (TPSA) is 29.3 Å². The van der Waals surface area contributed by atoms with Gasteiger partial charge < -0.3 is 10.6 Å². The lowest BCUT2D eigenvalue weighted by molar-refractivity contribution is 0.136. The molecule has 2 rings (SSSR count). The maximum Gasteiger partial charge on any atom is 0.127 e. The van der Waals surface area contributed by atoms with Crippen LogP contribution in [0.1, 0.15) is 50.6 Å². The largest absolute Gasteiger partial charge is 0.324 e. The highest BCUT2D eigenvalue weighted by molar-refractivity contribution is 5.20. The lowest BCUT2D eigenvalue weighted by Gasteiger charge is -2.36. The Balaban J connectivity index is 1.86. The summed E-state index contributed by atoms with van der Waals surface area (Å²) in [6, 6.07) is 7.30. The Labute approximate surface area is 122 Å². The predicted molar refractivity (Wildman–Crippen MR) is 82.0 cm³/mol. The van der Waals surface area contributed by atoms with Gasteiger partial charge in [0.05, 0.1) is 0 Å². The van der Waals surface area contributed by atoms with Crippen molar-refractivity contribution in [3.8, 4) is 0 Å². The van der Waals surface area contributed by atoms with Crippen LogP contribution in [0, 0.1) is 11.7 Å².